The van der Waals surface area contributed by atoms with Gasteiger partial charge in [0.05, 0.1) is 6.61 Å². The molecule has 0 aliphatic heterocycles. The van der Waals surface area contributed by atoms with Gasteiger partial charge in [0.2, 0.25) is 0 Å². The molecule has 0 atom stereocenters. The Hall–Kier alpha value is -0.890. The number of nitrogens with one attached hydrogen (secondary N) is 1. The fourth-order valence-corrected chi connectivity index (χ4v) is 4.75. The Labute approximate surface area is 117 Å². The van der Waals surface area contributed by atoms with E-state index in [9.17, 15) is 8.42 Å². The third-order valence-corrected chi connectivity index (χ3v) is 6.27. The first kappa shape index (κ1) is 13.5. The van der Waals surface area contributed by atoms with E-state index in [2.05, 4.69) is 20.7 Å². The van der Waals surface area contributed by atoms with Crippen LogP contribution in [0, 0.1) is 0 Å². The molecule has 0 unspecified atom stereocenters. The monoisotopic (exact) mass is 347 g/mol. The van der Waals surface area contributed by atoms with Gasteiger partial charge >= 0.3 is 0 Å². The average molecular weight is 348 g/mol. The van der Waals surface area contributed by atoms with Gasteiger partial charge in [0, 0.05) is 10.2 Å². The minimum absolute atomic E-state index is 0.0660. The number of aliphatic hydroxyl groups excluding tert-OH is 1. The van der Waals surface area contributed by atoms with Crippen molar-refractivity contribution in [2.24, 2.45) is 0 Å². The molecule has 2 aromatic rings. The van der Waals surface area contributed by atoms with Crippen molar-refractivity contribution >= 4 is 43.0 Å². The second-order valence-electron chi connectivity index (χ2n) is 3.52. The van der Waals surface area contributed by atoms with Crippen molar-refractivity contribution < 1.29 is 13.5 Å². The molecule has 1 heterocycles. The van der Waals surface area contributed by atoms with Crippen molar-refractivity contribution in [2.75, 3.05) is 4.72 Å². The number of thiophene rings is 1. The molecule has 4 nitrogen and oxygen atoms in total. The molecule has 0 aliphatic carbocycles. The zero-order valence-corrected chi connectivity index (χ0v) is 12.3. The summed E-state index contributed by atoms with van der Waals surface area (Å²) in [5.74, 6) is 0. The molecule has 0 fully saturated rings. The number of hydrogen-bond donors (Lipinski definition) is 2. The van der Waals surface area contributed by atoms with E-state index in [0.717, 1.165) is 16.9 Å². The van der Waals surface area contributed by atoms with Crippen molar-refractivity contribution in [1.82, 2.24) is 0 Å². The number of sulfonamides is 1. The molecule has 0 saturated carbocycles. The van der Waals surface area contributed by atoms with E-state index in [1.165, 1.54) is 0 Å². The van der Waals surface area contributed by atoms with Gasteiger partial charge in [-0.05, 0) is 45.1 Å². The van der Waals surface area contributed by atoms with Gasteiger partial charge in [0.15, 0.2) is 4.21 Å². The predicted molar refractivity (Wildman–Crippen MR) is 75.2 cm³/mol. The molecule has 96 valence electrons. The number of hydrogen-bond acceptors (Lipinski definition) is 4. The van der Waals surface area contributed by atoms with Crippen molar-refractivity contribution in [3.05, 3.63) is 45.7 Å². The quantitative estimate of drug-likeness (QED) is 0.893. The number of rotatable bonds is 4. The topological polar surface area (TPSA) is 66.4 Å². The van der Waals surface area contributed by atoms with Crippen molar-refractivity contribution in [1.29, 1.82) is 0 Å². The van der Waals surface area contributed by atoms with Crippen LogP contribution in [-0.2, 0) is 16.6 Å². The van der Waals surface area contributed by atoms with E-state index < -0.39 is 10.0 Å². The van der Waals surface area contributed by atoms with E-state index >= 15 is 0 Å². The van der Waals surface area contributed by atoms with E-state index in [-0.39, 0.29) is 10.8 Å². The first-order valence-electron chi connectivity index (χ1n) is 4.98. The van der Waals surface area contributed by atoms with Crippen LogP contribution < -0.4 is 4.72 Å². The van der Waals surface area contributed by atoms with Crippen LogP contribution in [0.15, 0.2) is 44.4 Å². The molecule has 0 bridgehead atoms. The number of benzene rings is 1. The van der Waals surface area contributed by atoms with Crippen LogP contribution in [0.3, 0.4) is 0 Å². The first-order valence-corrected chi connectivity index (χ1v) is 8.14. The van der Waals surface area contributed by atoms with Gasteiger partial charge in [0.1, 0.15) is 0 Å². The van der Waals surface area contributed by atoms with Gasteiger partial charge < -0.3 is 5.11 Å². The molecule has 0 amide bonds. The van der Waals surface area contributed by atoms with Gasteiger partial charge in [-0.15, -0.1) is 11.3 Å². The largest absolute Gasteiger partial charge is 0.392 e. The van der Waals surface area contributed by atoms with Crippen LogP contribution in [-0.4, -0.2) is 13.5 Å². The lowest BCUT2D eigenvalue weighted by Crippen LogP contribution is -2.11. The third kappa shape index (κ3) is 2.92. The van der Waals surface area contributed by atoms with Gasteiger partial charge in [-0.3, -0.25) is 4.72 Å². The van der Waals surface area contributed by atoms with Gasteiger partial charge in [0.25, 0.3) is 10.0 Å². The van der Waals surface area contributed by atoms with Gasteiger partial charge in [-0.1, -0.05) is 12.1 Å². The minimum atomic E-state index is -3.56. The zero-order chi connectivity index (χ0) is 13.2. The fourth-order valence-electron chi connectivity index (χ4n) is 1.35. The maximum Gasteiger partial charge on any atom is 0.272 e. The highest BCUT2D eigenvalue weighted by atomic mass is 79.9. The predicted octanol–water partition coefficient (Wildman–Crippen LogP) is 2.80. The molecular weight excluding hydrogens is 338 g/mol. The third-order valence-electron chi connectivity index (χ3n) is 2.22. The summed E-state index contributed by atoms with van der Waals surface area (Å²) in [6, 6.07) is 8.26. The molecule has 1 aromatic heterocycles. The molecule has 7 heteroatoms. The SMILES string of the molecule is O=S(=O)(Nc1ccc(CO)cc1)c1sccc1Br. The second kappa shape index (κ2) is 5.40. The van der Waals surface area contributed by atoms with Crippen LogP contribution in [0.25, 0.3) is 0 Å². The normalized spacial score (nSPS) is 11.4. The summed E-state index contributed by atoms with van der Waals surface area (Å²) in [5, 5.41) is 10.6. The first-order chi connectivity index (χ1) is 8.53. The number of anilines is 1. The molecule has 2 N–H and O–H groups in total. The fraction of sp³-hybridized carbons (Fsp3) is 0.0909. The van der Waals surface area contributed by atoms with E-state index in [4.69, 9.17) is 5.11 Å². The molecule has 0 radical (unpaired) electrons. The summed E-state index contributed by atoms with van der Waals surface area (Å²) >= 11 is 4.34. The van der Waals surface area contributed by atoms with Crippen LogP contribution >= 0.6 is 27.3 Å². The molecular formula is C11H10BrNO3S2. The smallest absolute Gasteiger partial charge is 0.272 e. The molecule has 18 heavy (non-hydrogen) atoms. The van der Waals surface area contributed by atoms with Crippen LogP contribution in [0.1, 0.15) is 5.56 Å². The minimum Gasteiger partial charge on any atom is -0.392 e. The summed E-state index contributed by atoms with van der Waals surface area (Å²) in [7, 11) is -3.56. The summed E-state index contributed by atoms with van der Waals surface area (Å²) in [4.78, 5) is 0. The van der Waals surface area contributed by atoms with E-state index in [1.54, 1.807) is 35.7 Å². The number of halogens is 1. The highest BCUT2D eigenvalue weighted by Gasteiger charge is 2.19. The lowest BCUT2D eigenvalue weighted by Gasteiger charge is -2.07. The number of aliphatic hydroxyl groups is 1. The Balaban J connectivity index is 2.25. The maximum atomic E-state index is 12.1. The molecule has 0 spiro atoms. The van der Waals surface area contributed by atoms with Gasteiger partial charge in [-0.2, -0.15) is 0 Å². The van der Waals surface area contributed by atoms with Crippen molar-refractivity contribution in [3.8, 4) is 0 Å². The second-order valence-corrected chi connectivity index (χ2v) is 7.16. The van der Waals surface area contributed by atoms with Crippen molar-refractivity contribution in [3.63, 3.8) is 0 Å². The highest BCUT2D eigenvalue weighted by Crippen LogP contribution is 2.29. The summed E-state index contributed by atoms with van der Waals surface area (Å²) in [6.07, 6.45) is 0. The van der Waals surface area contributed by atoms with Crippen LogP contribution in [0.5, 0.6) is 0 Å². The van der Waals surface area contributed by atoms with Gasteiger partial charge in [-0.25, -0.2) is 8.42 Å². The summed E-state index contributed by atoms with van der Waals surface area (Å²) in [6.45, 7) is -0.0660. The Bertz CT molecular complexity index is 635. The standard InChI is InChI=1S/C11H10BrNO3S2/c12-10-5-6-17-11(10)18(15,16)13-9-3-1-8(7-14)2-4-9/h1-6,13-14H,7H2. The van der Waals surface area contributed by atoms with E-state index in [0.29, 0.717) is 10.2 Å². The Morgan fingerprint density at radius 1 is 1.22 bits per heavy atom. The molecule has 1 aromatic carbocycles. The summed E-state index contributed by atoms with van der Waals surface area (Å²) in [5.41, 5.74) is 1.20. The van der Waals surface area contributed by atoms with Crippen molar-refractivity contribution in [2.45, 2.75) is 10.8 Å². The molecule has 0 saturated heterocycles. The Kier molecular flexibility index (Phi) is 4.06. The summed E-state index contributed by atoms with van der Waals surface area (Å²) < 4.78 is 27.4. The zero-order valence-electron chi connectivity index (χ0n) is 9.13. The lowest BCUT2D eigenvalue weighted by molar-refractivity contribution is 0.282. The maximum absolute atomic E-state index is 12.1. The Morgan fingerprint density at radius 2 is 1.89 bits per heavy atom. The molecule has 0 aliphatic rings. The van der Waals surface area contributed by atoms with E-state index in [1.807, 2.05) is 0 Å². The van der Waals surface area contributed by atoms with Crippen LogP contribution in [0.2, 0.25) is 0 Å². The lowest BCUT2D eigenvalue weighted by atomic mass is 10.2. The highest BCUT2D eigenvalue weighted by molar-refractivity contribution is 9.10. The molecule has 2 rings (SSSR count). The van der Waals surface area contributed by atoms with Crippen LogP contribution in [0.4, 0.5) is 5.69 Å². The average Bonchev–Trinajstić information content (AvgIpc) is 2.77. The Morgan fingerprint density at radius 3 is 2.39 bits per heavy atom.